The third kappa shape index (κ3) is 3.85. The van der Waals surface area contributed by atoms with Crippen molar-refractivity contribution in [2.75, 3.05) is 25.4 Å². The number of likely N-dealkylation sites (N-methyl/N-ethyl adjacent to an activating group) is 1. The molecule has 0 saturated heterocycles. The number of nitrogens with zero attached hydrogens (tertiary/aromatic N) is 1. The van der Waals surface area contributed by atoms with Crippen molar-refractivity contribution in [1.29, 1.82) is 0 Å². The number of rotatable bonds is 7. The number of sulfonamides is 1. The lowest BCUT2D eigenvalue weighted by Crippen LogP contribution is -2.36. The van der Waals surface area contributed by atoms with Crippen molar-refractivity contribution in [2.24, 2.45) is 0 Å². The summed E-state index contributed by atoms with van der Waals surface area (Å²) in [6, 6.07) is 5.03. The number of benzene rings is 1. The quantitative estimate of drug-likeness (QED) is 0.750. The van der Waals surface area contributed by atoms with Crippen LogP contribution in [0.15, 0.2) is 23.1 Å². The summed E-state index contributed by atoms with van der Waals surface area (Å²) in [6.45, 7) is 4.12. The second-order valence-corrected chi connectivity index (χ2v) is 7.09. The Morgan fingerprint density at radius 3 is 2.70 bits per heavy atom. The van der Waals surface area contributed by atoms with Crippen LogP contribution in [0, 0.1) is 0 Å². The second kappa shape index (κ2) is 6.30. The minimum atomic E-state index is -3.58. The molecule has 1 fully saturated rings. The van der Waals surface area contributed by atoms with E-state index in [2.05, 4.69) is 16.5 Å². The van der Waals surface area contributed by atoms with E-state index in [0.29, 0.717) is 24.8 Å². The Kier molecular flexibility index (Phi) is 4.90. The van der Waals surface area contributed by atoms with Crippen LogP contribution in [-0.4, -0.2) is 39.0 Å². The molecule has 7 heteroatoms. The summed E-state index contributed by atoms with van der Waals surface area (Å²) >= 11 is 5.93. The van der Waals surface area contributed by atoms with E-state index in [-0.39, 0.29) is 9.92 Å². The van der Waals surface area contributed by atoms with Gasteiger partial charge in [0.05, 0.1) is 5.02 Å². The fourth-order valence-electron chi connectivity index (χ4n) is 2.17. The molecule has 1 aliphatic rings. The number of nitrogens with one attached hydrogen (secondary N) is 1. The van der Waals surface area contributed by atoms with E-state index < -0.39 is 10.0 Å². The van der Waals surface area contributed by atoms with Crippen molar-refractivity contribution in [3.8, 4) is 0 Å². The van der Waals surface area contributed by atoms with Gasteiger partial charge in [-0.25, -0.2) is 13.1 Å². The molecule has 112 valence electrons. The monoisotopic (exact) mass is 317 g/mol. The van der Waals surface area contributed by atoms with Crippen molar-refractivity contribution in [3.63, 3.8) is 0 Å². The molecule has 1 saturated carbocycles. The van der Waals surface area contributed by atoms with E-state index in [1.807, 2.05) is 0 Å². The largest absolute Gasteiger partial charge is 0.399 e. The average molecular weight is 318 g/mol. The first-order valence-electron chi connectivity index (χ1n) is 6.73. The van der Waals surface area contributed by atoms with E-state index in [0.717, 1.165) is 6.54 Å². The lowest BCUT2D eigenvalue weighted by Gasteiger charge is -2.19. The Balaban J connectivity index is 1.96. The Morgan fingerprint density at radius 2 is 2.15 bits per heavy atom. The highest BCUT2D eigenvalue weighted by atomic mass is 35.5. The van der Waals surface area contributed by atoms with Crippen LogP contribution in [0.25, 0.3) is 0 Å². The molecule has 0 spiro atoms. The standard InChI is InChI=1S/C13H20ClN3O2S/c1-2-17(11-4-5-11)8-7-16-20(18,19)13-6-3-10(15)9-12(13)14/h3,6,9,11,16H,2,4-5,7-8,15H2,1H3. The fourth-order valence-corrected chi connectivity index (χ4v) is 3.75. The molecule has 0 unspecified atom stereocenters. The Hall–Kier alpha value is -0.820. The summed E-state index contributed by atoms with van der Waals surface area (Å²) in [5.41, 5.74) is 6.01. The summed E-state index contributed by atoms with van der Waals surface area (Å²) in [5, 5.41) is 0.145. The van der Waals surface area contributed by atoms with Crippen LogP contribution in [0.5, 0.6) is 0 Å². The van der Waals surface area contributed by atoms with Gasteiger partial charge in [-0.15, -0.1) is 0 Å². The van der Waals surface area contributed by atoms with Crippen molar-refractivity contribution < 1.29 is 8.42 Å². The zero-order valence-electron chi connectivity index (χ0n) is 11.5. The summed E-state index contributed by atoms with van der Waals surface area (Å²) in [4.78, 5) is 2.36. The van der Waals surface area contributed by atoms with E-state index >= 15 is 0 Å². The lowest BCUT2D eigenvalue weighted by molar-refractivity contribution is 0.282. The average Bonchev–Trinajstić information content (AvgIpc) is 3.18. The van der Waals surface area contributed by atoms with Crippen LogP contribution in [-0.2, 0) is 10.0 Å². The lowest BCUT2D eigenvalue weighted by atomic mass is 10.3. The molecule has 0 bridgehead atoms. The highest BCUT2D eigenvalue weighted by Crippen LogP contribution is 2.26. The van der Waals surface area contributed by atoms with Gasteiger partial charge in [0.15, 0.2) is 0 Å². The molecule has 1 aromatic carbocycles. The molecule has 2 rings (SSSR count). The molecule has 0 heterocycles. The van der Waals surface area contributed by atoms with Gasteiger partial charge in [-0.2, -0.15) is 0 Å². The van der Waals surface area contributed by atoms with Crippen molar-refractivity contribution in [1.82, 2.24) is 9.62 Å². The minimum Gasteiger partial charge on any atom is -0.399 e. The third-order valence-electron chi connectivity index (χ3n) is 3.41. The number of anilines is 1. The highest BCUT2D eigenvalue weighted by molar-refractivity contribution is 7.89. The van der Waals surface area contributed by atoms with Crippen LogP contribution >= 0.6 is 11.6 Å². The van der Waals surface area contributed by atoms with Crippen molar-refractivity contribution >= 4 is 27.3 Å². The summed E-state index contributed by atoms with van der Waals surface area (Å²) in [7, 11) is -3.58. The number of halogens is 1. The highest BCUT2D eigenvalue weighted by Gasteiger charge is 2.27. The van der Waals surface area contributed by atoms with Gasteiger partial charge in [0.1, 0.15) is 4.90 Å². The fraction of sp³-hybridized carbons (Fsp3) is 0.538. The van der Waals surface area contributed by atoms with E-state index in [1.165, 1.54) is 31.0 Å². The normalized spacial score (nSPS) is 15.8. The summed E-state index contributed by atoms with van der Waals surface area (Å²) in [5.74, 6) is 0. The molecule has 1 aromatic rings. The first-order valence-corrected chi connectivity index (χ1v) is 8.59. The Bertz CT molecular complexity index is 573. The SMILES string of the molecule is CCN(CCNS(=O)(=O)c1ccc(N)cc1Cl)C1CC1. The van der Waals surface area contributed by atoms with Crippen LogP contribution in [0.2, 0.25) is 5.02 Å². The minimum absolute atomic E-state index is 0.0721. The van der Waals surface area contributed by atoms with Crippen LogP contribution in [0.3, 0.4) is 0 Å². The second-order valence-electron chi connectivity index (χ2n) is 4.95. The molecule has 20 heavy (non-hydrogen) atoms. The molecule has 5 nitrogen and oxygen atoms in total. The van der Waals surface area contributed by atoms with Gasteiger partial charge in [-0.1, -0.05) is 18.5 Å². The number of hydrogen-bond donors (Lipinski definition) is 2. The first-order chi connectivity index (χ1) is 9.44. The number of nitrogens with two attached hydrogens (primary N) is 1. The van der Waals surface area contributed by atoms with Gasteiger partial charge < -0.3 is 5.73 Å². The van der Waals surface area contributed by atoms with Gasteiger partial charge >= 0.3 is 0 Å². The molecule has 0 aromatic heterocycles. The third-order valence-corrected chi connectivity index (χ3v) is 5.35. The van der Waals surface area contributed by atoms with Gasteiger partial charge in [-0.05, 0) is 37.6 Å². The van der Waals surface area contributed by atoms with E-state index in [9.17, 15) is 8.42 Å². The Morgan fingerprint density at radius 1 is 1.45 bits per heavy atom. The van der Waals surface area contributed by atoms with Gasteiger partial charge in [0, 0.05) is 24.8 Å². The molecule has 0 atom stereocenters. The van der Waals surface area contributed by atoms with Gasteiger partial charge in [-0.3, -0.25) is 4.90 Å². The number of nitrogen functional groups attached to an aromatic ring is 1. The van der Waals surface area contributed by atoms with Crippen LogP contribution < -0.4 is 10.5 Å². The molecular weight excluding hydrogens is 298 g/mol. The zero-order chi connectivity index (χ0) is 14.8. The van der Waals surface area contributed by atoms with Crippen LogP contribution in [0.1, 0.15) is 19.8 Å². The predicted molar refractivity (Wildman–Crippen MR) is 81.3 cm³/mol. The van der Waals surface area contributed by atoms with E-state index in [1.54, 1.807) is 0 Å². The molecular formula is C13H20ClN3O2S. The van der Waals surface area contributed by atoms with Crippen molar-refractivity contribution in [3.05, 3.63) is 23.2 Å². The molecule has 0 radical (unpaired) electrons. The smallest absolute Gasteiger partial charge is 0.242 e. The molecule has 0 aliphatic heterocycles. The molecule has 3 N–H and O–H groups in total. The predicted octanol–water partition coefficient (Wildman–Crippen LogP) is 1.68. The van der Waals surface area contributed by atoms with Gasteiger partial charge in [0.2, 0.25) is 10.0 Å². The topological polar surface area (TPSA) is 75.4 Å². The Labute approximate surface area is 125 Å². The zero-order valence-corrected chi connectivity index (χ0v) is 13.0. The molecule has 1 aliphatic carbocycles. The van der Waals surface area contributed by atoms with Gasteiger partial charge in [0.25, 0.3) is 0 Å². The maximum Gasteiger partial charge on any atom is 0.242 e. The first kappa shape index (κ1) is 15.6. The van der Waals surface area contributed by atoms with E-state index in [4.69, 9.17) is 17.3 Å². The maximum atomic E-state index is 12.2. The van der Waals surface area contributed by atoms with Crippen LogP contribution in [0.4, 0.5) is 5.69 Å². The summed E-state index contributed by atoms with van der Waals surface area (Å²) in [6.07, 6.45) is 2.43. The molecule has 0 amide bonds. The summed E-state index contributed by atoms with van der Waals surface area (Å²) < 4.78 is 26.9. The maximum absolute atomic E-state index is 12.2. The number of hydrogen-bond acceptors (Lipinski definition) is 4. The van der Waals surface area contributed by atoms with Crippen molar-refractivity contribution in [2.45, 2.75) is 30.7 Å².